The van der Waals surface area contributed by atoms with Crippen molar-refractivity contribution in [3.63, 3.8) is 0 Å². The molecule has 1 amide bonds. The number of benzene rings is 4. The minimum Gasteiger partial charge on any atom is -0.493 e. The molecule has 1 N–H and O–H groups in total. The number of ether oxygens (including phenoxy) is 3. The fourth-order valence-electron chi connectivity index (χ4n) is 3.37. The molecule has 0 aliphatic heterocycles. The van der Waals surface area contributed by atoms with Crippen molar-refractivity contribution in [2.24, 2.45) is 5.10 Å². The predicted molar refractivity (Wildman–Crippen MR) is 147 cm³/mol. The van der Waals surface area contributed by atoms with Gasteiger partial charge in [0.1, 0.15) is 12.4 Å². The Morgan fingerprint density at radius 2 is 1.78 bits per heavy atom. The fraction of sp³-hybridized carbons (Fsp3) is 0.111. The molecule has 4 rings (SSSR count). The molecule has 0 radical (unpaired) electrons. The van der Waals surface area contributed by atoms with Crippen LogP contribution in [0.5, 0.6) is 17.2 Å². The number of carbonyl (C=O) groups excluding carboxylic acids is 1. The summed E-state index contributed by atoms with van der Waals surface area (Å²) in [4.78, 5) is 12.3. The first-order chi connectivity index (χ1) is 17.4. The third-order valence-electron chi connectivity index (χ3n) is 5.13. The highest BCUT2D eigenvalue weighted by Crippen LogP contribution is 2.31. The van der Waals surface area contributed by atoms with Crippen molar-refractivity contribution in [1.82, 2.24) is 5.43 Å². The Labute approximate surface area is 226 Å². The van der Waals surface area contributed by atoms with Crippen LogP contribution in [0.2, 0.25) is 10.0 Å². The SMILES string of the molecule is COc1cccc(C=NNC(=O)COc2ccc3cc(Br)ccc3c2)c1OCc1ccc(Cl)c(Cl)c1. The molecule has 0 saturated heterocycles. The molecule has 4 aromatic carbocycles. The maximum Gasteiger partial charge on any atom is 0.277 e. The van der Waals surface area contributed by atoms with E-state index >= 15 is 0 Å². The third kappa shape index (κ3) is 6.69. The lowest BCUT2D eigenvalue weighted by Crippen LogP contribution is -2.24. The van der Waals surface area contributed by atoms with Gasteiger partial charge < -0.3 is 14.2 Å². The van der Waals surface area contributed by atoms with Gasteiger partial charge in [0.2, 0.25) is 0 Å². The average Bonchev–Trinajstić information content (AvgIpc) is 2.88. The predicted octanol–water partition coefficient (Wildman–Crippen LogP) is 7.03. The van der Waals surface area contributed by atoms with Gasteiger partial charge in [-0.15, -0.1) is 0 Å². The average molecular weight is 588 g/mol. The van der Waals surface area contributed by atoms with Gasteiger partial charge in [-0.05, 0) is 64.9 Å². The molecule has 0 aliphatic rings. The summed E-state index contributed by atoms with van der Waals surface area (Å²) in [6.45, 7) is 0.0547. The van der Waals surface area contributed by atoms with Crippen molar-refractivity contribution in [1.29, 1.82) is 0 Å². The number of nitrogens with zero attached hydrogens (tertiary/aromatic N) is 1. The monoisotopic (exact) mass is 586 g/mol. The number of rotatable bonds is 9. The minimum atomic E-state index is -0.400. The first-order valence-corrected chi connectivity index (χ1v) is 12.4. The first-order valence-electron chi connectivity index (χ1n) is 10.8. The number of fused-ring (bicyclic) bond motifs is 1. The summed E-state index contributed by atoms with van der Waals surface area (Å²) >= 11 is 15.5. The van der Waals surface area contributed by atoms with E-state index in [1.54, 1.807) is 37.4 Å². The maximum atomic E-state index is 12.3. The molecule has 0 unspecified atom stereocenters. The highest BCUT2D eigenvalue weighted by Gasteiger charge is 2.11. The van der Waals surface area contributed by atoms with Crippen LogP contribution in [0, 0.1) is 0 Å². The van der Waals surface area contributed by atoms with E-state index in [0.717, 1.165) is 20.8 Å². The number of hydrogen-bond acceptors (Lipinski definition) is 5. The Morgan fingerprint density at radius 3 is 2.58 bits per heavy atom. The van der Waals surface area contributed by atoms with Crippen molar-refractivity contribution >= 4 is 62.0 Å². The second kappa shape index (κ2) is 12.1. The number of amides is 1. The lowest BCUT2D eigenvalue weighted by Gasteiger charge is -2.13. The van der Waals surface area contributed by atoms with Crippen LogP contribution in [0.3, 0.4) is 0 Å². The Balaban J connectivity index is 1.37. The number of halogens is 3. The second-order valence-corrected chi connectivity index (χ2v) is 9.38. The van der Waals surface area contributed by atoms with Crippen LogP contribution in [-0.2, 0) is 11.4 Å². The molecule has 36 heavy (non-hydrogen) atoms. The van der Waals surface area contributed by atoms with Gasteiger partial charge in [-0.3, -0.25) is 4.79 Å². The van der Waals surface area contributed by atoms with Crippen LogP contribution >= 0.6 is 39.1 Å². The van der Waals surface area contributed by atoms with Gasteiger partial charge >= 0.3 is 0 Å². The zero-order chi connectivity index (χ0) is 25.5. The summed E-state index contributed by atoms with van der Waals surface area (Å²) < 4.78 is 18.0. The number of para-hydroxylation sites is 1. The molecule has 0 aliphatic carbocycles. The third-order valence-corrected chi connectivity index (χ3v) is 6.37. The molecule has 0 atom stereocenters. The lowest BCUT2D eigenvalue weighted by molar-refractivity contribution is -0.123. The molecular weight excluding hydrogens is 567 g/mol. The lowest BCUT2D eigenvalue weighted by atomic mass is 10.1. The summed E-state index contributed by atoms with van der Waals surface area (Å²) in [6.07, 6.45) is 1.48. The van der Waals surface area contributed by atoms with Gasteiger partial charge in [-0.25, -0.2) is 5.43 Å². The van der Waals surface area contributed by atoms with Gasteiger partial charge in [0.15, 0.2) is 18.1 Å². The van der Waals surface area contributed by atoms with E-state index in [1.807, 2.05) is 42.5 Å². The van der Waals surface area contributed by atoms with Gasteiger partial charge in [0.25, 0.3) is 5.91 Å². The van der Waals surface area contributed by atoms with Crippen molar-refractivity contribution in [2.45, 2.75) is 6.61 Å². The van der Waals surface area contributed by atoms with E-state index < -0.39 is 5.91 Å². The van der Waals surface area contributed by atoms with Crippen molar-refractivity contribution in [2.75, 3.05) is 13.7 Å². The van der Waals surface area contributed by atoms with Crippen LogP contribution in [0.15, 0.2) is 82.4 Å². The van der Waals surface area contributed by atoms with E-state index in [-0.39, 0.29) is 13.2 Å². The van der Waals surface area contributed by atoms with E-state index in [4.69, 9.17) is 37.4 Å². The molecule has 184 valence electrons. The number of carbonyl (C=O) groups is 1. The van der Waals surface area contributed by atoms with Crippen molar-refractivity contribution in [3.05, 3.63) is 98.4 Å². The Hall–Kier alpha value is -3.26. The summed E-state index contributed by atoms with van der Waals surface area (Å²) in [7, 11) is 1.55. The molecular formula is C27H21BrCl2N2O4. The standard InChI is InChI=1S/C27H21BrCl2N2O4/c1-34-25-4-2-3-20(27(25)36-15-17-5-10-23(29)24(30)11-17)14-31-32-26(33)16-35-22-9-7-18-12-21(28)8-6-19(18)13-22/h2-14H,15-16H2,1H3,(H,32,33). The topological polar surface area (TPSA) is 69.2 Å². The first kappa shape index (κ1) is 25.8. The molecule has 0 bridgehead atoms. The maximum absolute atomic E-state index is 12.3. The number of nitrogens with one attached hydrogen (secondary N) is 1. The number of hydrogen-bond donors (Lipinski definition) is 1. The molecule has 0 spiro atoms. The number of hydrazone groups is 1. The van der Waals surface area contributed by atoms with Crippen LogP contribution in [-0.4, -0.2) is 25.8 Å². The van der Waals surface area contributed by atoms with Gasteiger partial charge in [0.05, 0.1) is 23.4 Å². The van der Waals surface area contributed by atoms with Crippen LogP contribution in [0.1, 0.15) is 11.1 Å². The van der Waals surface area contributed by atoms with Crippen LogP contribution in [0.25, 0.3) is 10.8 Å². The van der Waals surface area contributed by atoms with Crippen molar-refractivity contribution in [3.8, 4) is 17.2 Å². The van der Waals surface area contributed by atoms with Crippen LogP contribution < -0.4 is 19.6 Å². The second-order valence-electron chi connectivity index (χ2n) is 7.65. The highest BCUT2D eigenvalue weighted by molar-refractivity contribution is 9.10. The van der Waals surface area contributed by atoms with Crippen LogP contribution in [0.4, 0.5) is 0 Å². The Bertz CT molecular complexity index is 1430. The van der Waals surface area contributed by atoms with E-state index in [9.17, 15) is 4.79 Å². The van der Waals surface area contributed by atoms with Crippen molar-refractivity contribution < 1.29 is 19.0 Å². The molecule has 4 aromatic rings. The largest absolute Gasteiger partial charge is 0.493 e. The van der Waals surface area contributed by atoms with E-state index in [0.29, 0.717) is 32.9 Å². The smallest absolute Gasteiger partial charge is 0.277 e. The zero-order valence-corrected chi connectivity index (χ0v) is 22.2. The quantitative estimate of drug-likeness (QED) is 0.169. The van der Waals surface area contributed by atoms with E-state index in [2.05, 4.69) is 26.5 Å². The van der Waals surface area contributed by atoms with Gasteiger partial charge in [0, 0.05) is 10.0 Å². The summed E-state index contributed by atoms with van der Waals surface area (Å²) in [5.74, 6) is 1.19. The molecule has 0 saturated carbocycles. The Morgan fingerprint density at radius 1 is 0.972 bits per heavy atom. The normalized spacial score (nSPS) is 11.0. The summed E-state index contributed by atoms with van der Waals surface area (Å²) in [6, 6.07) is 22.2. The molecule has 0 fully saturated rings. The molecule has 6 nitrogen and oxygen atoms in total. The zero-order valence-electron chi connectivity index (χ0n) is 19.1. The molecule has 0 aromatic heterocycles. The van der Waals surface area contributed by atoms with Gasteiger partial charge in [-0.2, -0.15) is 5.10 Å². The number of methoxy groups -OCH3 is 1. The fourth-order valence-corrected chi connectivity index (χ4v) is 4.07. The molecule has 0 heterocycles. The molecule has 9 heteroatoms. The minimum absolute atomic E-state index is 0.182. The van der Waals surface area contributed by atoms with E-state index in [1.165, 1.54) is 6.21 Å². The summed E-state index contributed by atoms with van der Waals surface area (Å²) in [5, 5.41) is 7.05. The Kier molecular flexibility index (Phi) is 8.70. The summed E-state index contributed by atoms with van der Waals surface area (Å²) in [5.41, 5.74) is 3.93. The highest BCUT2D eigenvalue weighted by atomic mass is 79.9. The van der Waals surface area contributed by atoms with Gasteiger partial charge in [-0.1, -0.05) is 63.4 Å².